The van der Waals surface area contributed by atoms with Gasteiger partial charge in [0.2, 0.25) is 0 Å². The van der Waals surface area contributed by atoms with Gasteiger partial charge in [0.05, 0.1) is 11.3 Å². The maximum Gasteiger partial charge on any atom is 0.416 e. The Hall–Kier alpha value is -1.75. The zero-order valence-corrected chi connectivity index (χ0v) is 10.5. The zero-order valence-electron chi connectivity index (χ0n) is 9.71. The molecule has 0 radical (unpaired) electrons. The van der Waals surface area contributed by atoms with Crippen LogP contribution in [0, 0.1) is 0 Å². The van der Waals surface area contributed by atoms with Crippen LogP contribution >= 0.6 is 11.6 Å². The van der Waals surface area contributed by atoms with E-state index in [1.807, 2.05) is 0 Å². The Morgan fingerprint density at radius 1 is 1.11 bits per heavy atom. The highest BCUT2D eigenvalue weighted by molar-refractivity contribution is 6.31. The first-order valence-corrected chi connectivity index (χ1v) is 5.85. The van der Waals surface area contributed by atoms with Crippen LogP contribution in [0.4, 0.5) is 18.9 Å². The van der Waals surface area contributed by atoms with E-state index in [1.54, 1.807) is 18.3 Å². The third-order valence-corrected chi connectivity index (χ3v) is 2.82. The summed E-state index contributed by atoms with van der Waals surface area (Å²) < 4.78 is 37.1. The number of aromatic nitrogens is 1. The monoisotopic (exact) mass is 286 g/mol. The Labute approximate surface area is 113 Å². The molecule has 0 atom stereocenters. The van der Waals surface area contributed by atoms with Gasteiger partial charge in [0.15, 0.2) is 5.15 Å². The Morgan fingerprint density at radius 3 is 2.37 bits per heavy atom. The summed E-state index contributed by atoms with van der Waals surface area (Å²) in [4.78, 5) is 3.89. The number of alkyl halides is 3. The zero-order chi connectivity index (χ0) is 13.9. The van der Waals surface area contributed by atoms with E-state index in [1.165, 1.54) is 12.1 Å². The number of benzene rings is 1. The maximum absolute atomic E-state index is 12.4. The number of halogens is 4. The standard InChI is InChI=1S/C13H10ClF3N2/c14-12-11(2-1-7-18-12)19-8-9-3-5-10(6-4-9)13(15,16)17/h1-7,19H,8H2. The summed E-state index contributed by atoms with van der Waals surface area (Å²) in [6.07, 6.45) is -2.75. The SMILES string of the molecule is FC(F)(F)c1ccc(CNc2cccnc2Cl)cc1. The van der Waals surface area contributed by atoms with Crippen molar-refractivity contribution in [2.24, 2.45) is 0 Å². The van der Waals surface area contributed by atoms with E-state index in [4.69, 9.17) is 11.6 Å². The lowest BCUT2D eigenvalue weighted by Crippen LogP contribution is -2.05. The summed E-state index contributed by atoms with van der Waals surface area (Å²) in [5, 5.41) is 3.34. The number of nitrogens with zero attached hydrogens (tertiary/aromatic N) is 1. The molecule has 0 spiro atoms. The Bertz CT molecular complexity index is 553. The van der Waals surface area contributed by atoms with Crippen molar-refractivity contribution in [1.29, 1.82) is 0 Å². The highest BCUT2D eigenvalue weighted by Crippen LogP contribution is 2.29. The van der Waals surface area contributed by atoms with Gasteiger partial charge in [0, 0.05) is 12.7 Å². The molecular weight excluding hydrogens is 277 g/mol. The van der Waals surface area contributed by atoms with Crippen molar-refractivity contribution >= 4 is 17.3 Å². The normalized spacial score (nSPS) is 11.4. The van der Waals surface area contributed by atoms with Crippen molar-refractivity contribution in [2.75, 3.05) is 5.32 Å². The highest BCUT2D eigenvalue weighted by atomic mass is 35.5. The number of anilines is 1. The molecule has 1 aromatic heterocycles. The molecule has 1 heterocycles. The first kappa shape index (κ1) is 13.7. The third-order valence-electron chi connectivity index (χ3n) is 2.52. The Balaban J connectivity index is 2.03. The number of hydrogen-bond acceptors (Lipinski definition) is 2. The maximum atomic E-state index is 12.4. The fourth-order valence-electron chi connectivity index (χ4n) is 1.53. The van der Waals surface area contributed by atoms with Gasteiger partial charge in [-0.3, -0.25) is 0 Å². The average molecular weight is 287 g/mol. The van der Waals surface area contributed by atoms with E-state index in [9.17, 15) is 13.2 Å². The van der Waals surface area contributed by atoms with Gasteiger partial charge in [-0.05, 0) is 29.8 Å². The molecular formula is C13H10ClF3N2. The van der Waals surface area contributed by atoms with Gasteiger partial charge in [0.25, 0.3) is 0 Å². The molecule has 0 amide bonds. The Kier molecular flexibility index (Phi) is 3.95. The minimum Gasteiger partial charge on any atom is -0.378 e. The second-order valence-corrected chi connectivity index (χ2v) is 4.25. The number of nitrogens with one attached hydrogen (secondary N) is 1. The predicted octanol–water partition coefficient (Wildman–Crippen LogP) is 4.37. The van der Waals surface area contributed by atoms with Crippen molar-refractivity contribution in [3.63, 3.8) is 0 Å². The van der Waals surface area contributed by atoms with Crippen LogP contribution in [-0.4, -0.2) is 4.98 Å². The van der Waals surface area contributed by atoms with Crippen LogP contribution in [-0.2, 0) is 12.7 Å². The van der Waals surface area contributed by atoms with Crippen LogP contribution in [0.5, 0.6) is 0 Å². The van der Waals surface area contributed by atoms with Gasteiger partial charge in [-0.15, -0.1) is 0 Å². The minimum atomic E-state index is -4.31. The number of hydrogen-bond donors (Lipinski definition) is 1. The van der Waals surface area contributed by atoms with E-state index < -0.39 is 11.7 Å². The lowest BCUT2D eigenvalue weighted by molar-refractivity contribution is -0.137. The van der Waals surface area contributed by atoms with E-state index in [0.717, 1.165) is 17.7 Å². The molecule has 0 saturated heterocycles. The quantitative estimate of drug-likeness (QED) is 0.848. The van der Waals surface area contributed by atoms with Gasteiger partial charge in [-0.1, -0.05) is 23.7 Å². The molecule has 19 heavy (non-hydrogen) atoms. The highest BCUT2D eigenvalue weighted by Gasteiger charge is 2.29. The van der Waals surface area contributed by atoms with E-state index >= 15 is 0 Å². The molecule has 2 rings (SSSR count). The summed E-state index contributed by atoms with van der Waals surface area (Å²) in [7, 11) is 0. The van der Waals surface area contributed by atoms with Crippen LogP contribution in [0.15, 0.2) is 42.6 Å². The van der Waals surface area contributed by atoms with E-state index in [2.05, 4.69) is 10.3 Å². The second kappa shape index (κ2) is 5.48. The molecule has 0 fully saturated rings. The van der Waals surface area contributed by atoms with Crippen molar-refractivity contribution in [1.82, 2.24) is 4.98 Å². The van der Waals surface area contributed by atoms with E-state index in [-0.39, 0.29) is 0 Å². The van der Waals surface area contributed by atoms with Crippen LogP contribution in [0.1, 0.15) is 11.1 Å². The average Bonchev–Trinajstić information content (AvgIpc) is 2.37. The molecule has 0 aliphatic carbocycles. The molecule has 2 nitrogen and oxygen atoms in total. The lowest BCUT2D eigenvalue weighted by Gasteiger charge is -2.09. The predicted molar refractivity (Wildman–Crippen MR) is 68.0 cm³/mol. The molecule has 1 N–H and O–H groups in total. The van der Waals surface area contributed by atoms with E-state index in [0.29, 0.717) is 17.4 Å². The molecule has 2 aromatic rings. The number of pyridine rings is 1. The second-order valence-electron chi connectivity index (χ2n) is 3.89. The van der Waals surface area contributed by atoms with Crippen LogP contribution < -0.4 is 5.32 Å². The molecule has 0 aliphatic rings. The van der Waals surface area contributed by atoms with Crippen LogP contribution in [0.25, 0.3) is 0 Å². The lowest BCUT2D eigenvalue weighted by atomic mass is 10.1. The van der Waals surface area contributed by atoms with Crippen molar-refractivity contribution in [3.8, 4) is 0 Å². The molecule has 0 bridgehead atoms. The van der Waals surface area contributed by atoms with Crippen molar-refractivity contribution in [3.05, 3.63) is 58.9 Å². The molecule has 100 valence electrons. The fourth-order valence-corrected chi connectivity index (χ4v) is 1.71. The Morgan fingerprint density at radius 2 is 1.79 bits per heavy atom. The smallest absolute Gasteiger partial charge is 0.378 e. The summed E-state index contributed by atoms with van der Waals surface area (Å²) in [6, 6.07) is 8.45. The third kappa shape index (κ3) is 3.61. The van der Waals surface area contributed by atoms with Crippen molar-refractivity contribution in [2.45, 2.75) is 12.7 Å². The van der Waals surface area contributed by atoms with Gasteiger partial charge < -0.3 is 5.32 Å². The summed E-state index contributed by atoms with van der Waals surface area (Å²) >= 11 is 5.85. The summed E-state index contributed by atoms with van der Waals surface area (Å²) in [5.41, 5.74) is 0.715. The molecule has 0 saturated carbocycles. The number of rotatable bonds is 3. The summed E-state index contributed by atoms with van der Waals surface area (Å²) in [5.74, 6) is 0. The van der Waals surface area contributed by atoms with Crippen molar-refractivity contribution < 1.29 is 13.2 Å². The summed E-state index contributed by atoms with van der Waals surface area (Å²) in [6.45, 7) is 0.379. The van der Waals surface area contributed by atoms with Gasteiger partial charge in [-0.25, -0.2) is 4.98 Å². The first-order valence-electron chi connectivity index (χ1n) is 5.47. The fraction of sp³-hybridized carbons (Fsp3) is 0.154. The van der Waals surface area contributed by atoms with Gasteiger partial charge >= 0.3 is 6.18 Å². The molecule has 0 aliphatic heterocycles. The topological polar surface area (TPSA) is 24.9 Å². The van der Waals surface area contributed by atoms with Crippen LogP contribution in [0.2, 0.25) is 5.15 Å². The largest absolute Gasteiger partial charge is 0.416 e. The van der Waals surface area contributed by atoms with Gasteiger partial charge in [-0.2, -0.15) is 13.2 Å². The molecule has 6 heteroatoms. The first-order chi connectivity index (χ1) is 8.97. The molecule has 1 aromatic carbocycles. The van der Waals surface area contributed by atoms with Crippen LogP contribution in [0.3, 0.4) is 0 Å². The van der Waals surface area contributed by atoms with Gasteiger partial charge in [0.1, 0.15) is 0 Å². The molecule has 0 unspecified atom stereocenters. The minimum absolute atomic E-state index is 0.328.